The number of hydrogen-bond donors (Lipinski definition) is 8. The summed E-state index contributed by atoms with van der Waals surface area (Å²) in [6.07, 6.45) is -2.54. The summed E-state index contributed by atoms with van der Waals surface area (Å²) in [5.41, 5.74) is 0.472. The van der Waals surface area contributed by atoms with Crippen molar-refractivity contribution in [3.63, 3.8) is 0 Å². The Balaban J connectivity index is 1.33. The van der Waals surface area contributed by atoms with Gasteiger partial charge in [0.1, 0.15) is 24.4 Å². The second-order valence-electron chi connectivity index (χ2n) is 22.6. The summed E-state index contributed by atoms with van der Waals surface area (Å²) in [6.45, 7) is 24.6. The highest BCUT2D eigenvalue weighted by Gasteiger charge is 2.54. The van der Waals surface area contributed by atoms with E-state index in [1.807, 2.05) is 41.5 Å². The second-order valence-corrected chi connectivity index (χ2v) is 22.6. The fourth-order valence-corrected chi connectivity index (χ4v) is 11.8. The highest BCUT2D eigenvalue weighted by molar-refractivity contribution is 5.88. The Labute approximate surface area is 439 Å². The summed E-state index contributed by atoms with van der Waals surface area (Å²) in [6, 6.07) is 0. The van der Waals surface area contributed by atoms with E-state index in [1.165, 1.54) is 0 Å². The van der Waals surface area contributed by atoms with Crippen LogP contribution in [0.5, 0.6) is 0 Å². The average Bonchev–Trinajstić information content (AvgIpc) is 3.33. The van der Waals surface area contributed by atoms with E-state index < -0.39 is 157 Å². The Hall–Kier alpha value is -2.66. The van der Waals surface area contributed by atoms with Crippen LogP contribution in [0.4, 0.5) is 0 Å². The average molecular weight is 1050 g/mol. The van der Waals surface area contributed by atoms with Crippen LogP contribution in [0, 0.1) is 47.3 Å². The molecule has 8 N–H and O–H groups in total. The standard InChI is InChI=1S/C56H92O18/c1-15-39-35(11)73-55(65,25-43(39)69-45-23-41(57)49(61)37(13)67-45)33(9)47(59)31(7)51-27(3)19-17-21-30(6)54(64)72-52(28(4)20-18-22-29(5)53(63)71-51)32(8)48(60)34(10)56(66)26-44(40(16-2)36(12)74-56)70-46-24-42(58)50(62)38(14)68-46/h17-22,27-28,31-52,57-62,65-66H,15-16,23-26H2,1-14H3. The third-order valence-electron chi connectivity index (χ3n) is 17.1. The number of hydrogen-bond acceptors (Lipinski definition) is 18. The Morgan fingerprint density at radius 2 is 0.932 bits per heavy atom. The van der Waals surface area contributed by atoms with Crippen LogP contribution in [0.2, 0.25) is 0 Å². The van der Waals surface area contributed by atoms with Gasteiger partial charge in [-0.1, -0.05) is 91.8 Å². The highest BCUT2D eigenvalue weighted by atomic mass is 16.7. The molecule has 0 aromatic carbocycles. The molecule has 0 aromatic rings. The van der Waals surface area contributed by atoms with Crippen LogP contribution in [0.15, 0.2) is 47.6 Å². The van der Waals surface area contributed by atoms with E-state index in [9.17, 15) is 50.4 Å². The van der Waals surface area contributed by atoms with Crippen molar-refractivity contribution in [1.82, 2.24) is 0 Å². The molecule has 0 aromatic heterocycles. The maximum absolute atomic E-state index is 13.9. The lowest BCUT2D eigenvalue weighted by Crippen LogP contribution is -2.59. The van der Waals surface area contributed by atoms with Crippen LogP contribution in [0.25, 0.3) is 0 Å². The van der Waals surface area contributed by atoms with E-state index >= 15 is 0 Å². The van der Waals surface area contributed by atoms with Gasteiger partial charge in [-0.05, 0) is 54.4 Å². The van der Waals surface area contributed by atoms with Crippen LogP contribution in [0.3, 0.4) is 0 Å². The van der Waals surface area contributed by atoms with Crippen LogP contribution in [0.1, 0.15) is 135 Å². The molecule has 5 rings (SSSR count). The van der Waals surface area contributed by atoms with Crippen molar-refractivity contribution >= 4 is 11.9 Å². The van der Waals surface area contributed by atoms with Crippen LogP contribution in [-0.4, -0.2) is 162 Å². The van der Waals surface area contributed by atoms with E-state index in [-0.39, 0.29) is 48.7 Å². The van der Waals surface area contributed by atoms with Gasteiger partial charge in [-0.25, -0.2) is 9.59 Å². The lowest BCUT2D eigenvalue weighted by Gasteiger charge is -2.50. The SMILES string of the molecule is CCC1C(C)OC(O)(C(C)C(O)C(C)C2OC(=O)C(C)=CC=CC(C)C(C(C)C(O)C(C)C3(O)CC(OC4CC(O)C(O)C(C)O4)C(CC)C(C)O3)OC(=O)C(C)=CC=CC2C)CC1OC1CC(O)C(O)C(C)O1. The normalized spacial score (nSPS) is 43.7. The Kier molecular flexibility index (Phi) is 22.1. The van der Waals surface area contributed by atoms with Gasteiger partial charge in [-0.15, -0.1) is 0 Å². The largest absolute Gasteiger partial charge is 0.458 e. The van der Waals surface area contributed by atoms with Crippen LogP contribution < -0.4 is 0 Å². The summed E-state index contributed by atoms with van der Waals surface area (Å²) in [7, 11) is 0. The van der Waals surface area contributed by atoms with Gasteiger partial charge in [-0.3, -0.25) is 0 Å². The first-order valence-corrected chi connectivity index (χ1v) is 27.2. The molecule has 0 saturated carbocycles. The molecule has 0 radical (unpaired) electrons. The third-order valence-corrected chi connectivity index (χ3v) is 17.1. The van der Waals surface area contributed by atoms with Crippen molar-refractivity contribution < 1.29 is 88.3 Å². The van der Waals surface area contributed by atoms with E-state index in [0.717, 1.165) is 0 Å². The molecule has 4 fully saturated rings. The Bertz CT molecular complexity index is 1800. The number of ether oxygens (including phenoxy) is 8. The monoisotopic (exact) mass is 1050 g/mol. The molecule has 18 heteroatoms. The maximum atomic E-state index is 13.9. The fourth-order valence-electron chi connectivity index (χ4n) is 11.8. The zero-order valence-corrected chi connectivity index (χ0v) is 46.2. The zero-order valence-electron chi connectivity index (χ0n) is 46.2. The molecule has 26 unspecified atom stereocenters. The number of esters is 2. The third kappa shape index (κ3) is 14.5. The maximum Gasteiger partial charge on any atom is 0.334 e. The van der Waals surface area contributed by atoms with Crippen molar-refractivity contribution in [2.75, 3.05) is 0 Å². The first-order valence-electron chi connectivity index (χ1n) is 27.2. The van der Waals surface area contributed by atoms with Gasteiger partial charge in [0.25, 0.3) is 0 Å². The topological polar surface area (TPSA) is 270 Å². The summed E-state index contributed by atoms with van der Waals surface area (Å²) in [5, 5.41) is 90.1. The van der Waals surface area contributed by atoms with E-state index in [2.05, 4.69) is 0 Å². The van der Waals surface area contributed by atoms with Crippen LogP contribution >= 0.6 is 0 Å². The van der Waals surface area contributed by atoms with E-state index in [1.54, 1.807) is 91.8 Å². The Morgan fingerprint density at radius 3 is 1.24 bits per heavy atom. The minimum absolute atomic E-state index is 0.0280. The first kappa shape index (κ1) is 62.2. The number of cyclic esters (lactones) is 2. The summed E-state index contributed by atoms with van der Waals surface area (Å²) in [4.78, 5) is 27.8. The lowest BCUT2D eigenvalue weighted by atomic mass is 9.76. The molecule has 5 aliphatic rings. The number of aliphatic hydroxyl groups excluding tert-OH is 6. The smallest absolute Gasteiger partial charge is 0.334 e. The van der Waals surface area contributed by atoms with Crippen molar-refractivity contribution in [3.05, 3.63) is 47.6 Å². The Morgan fingerprint density at radius 1 is 0.595 bits per heavy atom. The number of rotatable bonds is 14. The predicted octanol–water partition coefficient (Wildman–Crippen LogP) is 4.90. The first-order chi connectivity index (χ1) is 34.6. The number of aliphatic hydroxyl groups is 8. The van der Waals surface area contributed by atoms with Gasteiger partial charge >= 0.3 is 11.9 Å². The molecule has 5 aliphatic heterocycles. The van der Waals surface area contributed by atoms with Gasteiger partial charge in [0, 0.05) is 84.2 Å². The quantitative estimate of drug-likeness (QED) is 0.108. The van der Waals surface area contributed by atoms with E-state index in [0.29, 0.717) is 12.8 Å². The zero-order chi connectivity index (χ0) is 55.3. The summed E-state index contributed by atoms with van der Waals surface area (Å²) < 4.78 is 49.6. The molecule has 18 nitrogen and oxygen atoms in total. The van der Waals surface area contributed by atoms with Gasteiger partial charge in [-0.2, -0.15) is 0 Å². The van der Waals surface area contributed by atoms with Gasteiger partial charge in [0.2, 0.25) is 0 Å². The summed E-state index contributed by atoms with van der Waals surface area (Å²) >= 11 is 0. The number of carbonyl (C=O) groups is 2. The van der Waals surface area contributed by atoms with E-state index in [4.69, 9.17) is 37.9 Å². The minimum Gasteiger partial charge on any atom is -0.458 e. The number of carbonyl (C=O) groups excluding carboxylic acids is 2. The molecule has 0 spiro atoms. The van der Waals surface area contributed by atoms with Crippen LogP contribution in [-0.2, 0) is 47.5 Å². The molecule has 424 valence electrons. The molecule has 0 aliphatic carbocycles. The molecule has 0 bridgehead atoms. The van der Waals surface area contributed by atoms with Crippen molar-refractivity contribution in [1.29, 1.82) is 0 Å². The minimum atomic E-state index is -1.89. The molecule has 0 amide bonds. The molecule has 26 atom stereocenters. The molecule has 4 saturated heterocycles. The van der Waals surface area contributed by atoms with Gasteiger partial charge < -0.3 is 78.7 Å². The molecule has 5 heterocycles. The summed E-state index contributed by atoms with van der Waals surface area (Å²) in [5.74, 6) is -9.82. The molecule has 74 heavy (non-hydrogen) atoms. The van der Waals surface area contributed by atoms with Crippen molar-refractivity contribution in [3.8, 4) is 0 Å². The molecular weight excluding hydrogens is 961 g/mol. The number of allylic oxidation sites excluding steroid dienone is 4. The van der Waals surface area contributed by atoms with Gasteiger partial charge in [0.05, 0.1) is 61.0 Å². The highest BCUT2D eigenvalue weighted by Crippen LogP contribution is 2.45. The fraction of sp³-hybridized carbons (Fsp3) is 0.821. The second kappa shape index (κ2) is 26.3. The molecular formula is C56H92O18. The predicted molar refractivity (Wildman–Crippen MR) is 272 cm³/mol. The van der Waals surface area contributed by atoms with Gasteiger partial charge in [0.15, 0.2) is 24.2 Å². The van der Waals surface area contributed by atoms with Crippen molar-refractivity contribution in [2.45, 2.75) is 245 Å². The van der Waals surface area contributed by atoms with Crippen molar-refractivity contribution in [2.24, 2.45) is 47.3 Å². The lowest BCUT2D eigenvalue weighted by molar-refractivity contribution is -0.345.